The second-order valence-corrected chi connectivity index (χ2v) is 8.09. The molecule has 3 rings (SSSR count). The van der Waals surface area contributed by atoms with Crippen molar-refractivity contribution in [3.63, 3.8) is 0 Å². The molecule has 2 aromatic rings. The minimum atomic E-state index is -0.709. The Kier molecular flexibility index (Phi) is 6.16. The van der Waals surface area contributed by atoms with Crippen molar-refractivity contribution in [3.05, 3.63) is 23.8 Å². The first-order valence-corrected chi connectivity index (χ1v) is 9.68. The Morgan fingerprint density at radius 3 is 2.92 bits per heavy atom. The van der Waals surface area contributed by atoms with Crippen LogP contribution in [0.25, 0.3) is 10.2 Å². The van der Waals surface area contributed by atoms with Crippen molar-refractivity contribution in [1.82, 2.24) is 15.2 Å². The summed E-state index contributed by atoms with van der Waals surface area (Å²) < 4.78 is 27.4. The lowest BCUT2D eigenvalue weighted by molar-refractivity contribution is -0.121. The van der Waals surface area contributed by atoms with E-state index in [2.05, 4.69) is 20.5 Å². The van der Waals surface area contributed by atoms with Crippen LogP contribution in [-0.4, -0.2) is 49.0 Å². The average Bonchev–Trinajstić information content (AvgIpc) is 2.97. The van der Waals surface area contributed by atoms with Crippen molar-refractivity contribution in [3.8, 4) is 0 Å². The lowest BCUT2D eigenvalue weighted by Crippen LogP contribution is -2.40. The van der Waals surface area contributed by atoms with Crippen LogP contribution >= 0.6 is 11.3 Å². The maximum Gasteiger partial charge on any atom is 0.229 e. The molecule has 2 atom stereocenters. The van der Waals surface area contributed by atoms with Crippen molar-refractivity contribution in [2.24, 2.45) is 5.92 Å². The number of rotatable bonds is 6. The van der Waals surface area contributed by atoms with E-state index >= 15 is 0 Å². The summed E-state index contributed by atoms with van der Waals surface area (Å²) in [5.74, 6) is -1.53. The second kappa shape index (κ2) is 8.37. The quantitative estimate of drug-likeness (QED) is 0.805. The number of fused-ring (bicyclic) bond motifs is 1. The molecule has 1 fully saturated rings. The number of hydrogen-bond acceptors (Lipinski definition) is 5. The molecule has 1 aliphatic carbocycles. The standard InChI is InChI=1S/C18H24F2N4OS/c1-24(2)7-6-21-13-5-3-4-11(8-13)17(25)23-18-22-16-14(20)9-12(19)10-15(16)26-18/h9-11,13,21H,3-8H2,1-2H3,(H,22,23,25)/t11-,13?/m0/s1. The third-order valence-corrected chi connectivity index (χ3v) is 5.60. The first-order chi connectivity index (χ1) is 12.4. The van der Waals surface area contributed by atoms with Gasteiger partial charge in [-0.25, -0.2) is 13.8 Å². The summed E-state index contributed by atoms with van der Waals surface area (Å²) in [6.45, 7) is 1.86. The highest BCUT2D eigenvalue weighted by Crippen LogP contribution is 2.30. The van der Waals surface area contributed by atoms with Gasteiger partial charge in [0.25, 0.3) is 0 Å². The molecule has 1 aromatic carbocycles. The third-order valence-electron chi connectivity index (χ3n) is 4.68. The minimum absolute atomic E-state index is 0.0887. The molecule has 1 amide bonds. The number of thiazole rings is 1. The van der Waals surface area contributed by atoms with E-state index in [0.29, 0.717) is 15.9 Å². The molecule has 0 bridgehead atoms. The summed E-state index contributed by atoms with van der Waals surface area (Å²) in [6.07, 6.45) is 3.69. The Morgan fingerprint density at radius 1 is 1.35 bits per heavy atom. The Labute approximate surface area is 155 Å². The van der Waals surface area contributed by atoms with Crippen LogP contribution in [0.2, 0.25) is 0 Å². The zero-order valence-corrected chi connectivity index (χ0v) is 15.8. The fourth-order valence-corrected chi connectivity index (χ4v) is 4.23. The van der Waals surface area contributed by atoms with E-state index in [1.54, 1.807) is 0 Å². The molecule has 0 saturated heterocycles. The third kappa shape index (κ3) is 4.75. The molecule has 5 nitrogen and oxygen atoms in total. The van der Waals surface area contributed by atoms with E-state index in [1.807, 2.05) is 14.1 Å². The van der Waals surface area contributed by atoms with Crippen LogP contribution in [0, 0.1) is 17.6 Å². The maximum atomic E-state index is 13.8. The number of aromatic nitrogens is 1. The summed E-state index contributed by atoms with van der Waals surface area (Å²) >= 11 is 1.09. The summed E-state index contributed by atoms with van der Waals surface area (Å²) in [7, 11) is 4.07. The number of amides is 1. The number of benzene rings is 1. The van der Waals surface area contributed by atoms with Gasteiger partial charge in [-0.15, -0.1) is 0 Å². The van der Waals surface area contributed by atoms with Crippen LogP contribution in [0.4, 0.5) is 13.9 Å². The number of nitrogens with one attached hydrogen (secondary N) is 2. The lowest BCUT2D eigenvalue weighted by Gasteiger charge is -2.29. The Morgan fingerprint density at radius 2 is 2.15 bits per heavy atom. The average molecular weight is 382 g/mol. The van der Waals surface area contributed by atoms with Gasteiger partial charge in [-0.2, -0.15) is 0 Å². The molecule has 1 aliphatic rings. The van der Waals surface area contributed by atoms with Crippen molar-refractivity contribution in [1.29, 1.82) is 0 Å². The lowest BCUT2D eigenvalue weighted by atomic mass is 9.85. The summed E-state index contributed by atoms with van der Waals surface area (Å²) in [4.78, 5) is 18.8. The molecule has 1 heterocycles. The van der Waals surface area contributed by atoms with Gasteiger partial charge in [0, 0.05) is 31.1 Å². The van der Waals surface area contributed by atoms with Gasteiger partial charge in [-0.1, -0.05) is 17.8 Å². The molecule has 26 heavy (non-hydrogen) atoms. The SMILES string of the molecule is CN(C)CCNC1CCC[C@H](C(=O)Nc2nc3c(F)cc(F)cc3s2)C1. The zero-order chi connectivity index (χ0) is 18.7. The van der Waals surface area contributed by atoms with Crippen LogP contribution < -0.4 is 10.6 Å². The molecule has 0 spiro atoms. The largest absolute Gasteiger partial charge is 0.313 e. The number of anilines is 1. The predicted octanol–water partition coefficient (Wildman–Crippen LogP) is 3.22. The molecule has 142 valence electrons. The fraction of sp³-hybridized carbons (Fsp3) is 0.556. The monoisotopic (exact) mass is 382 g/mol. The van der Waals surface area contributed by atoms with Crippen LogP contribution in [0.5, 0.6) is 0 Å². The van der Waals surface area contributed by atoms with Gasteiger partial charge in [-0.3, -0.25) is 4.79 Å². The highest BCUT2D eigenvalue weighted by atomic mass is 32.1. The number of halogens is 2. The molecule has 8 heteroatoms. The second-order valence-electron chi connectivity index (χ2n) is 7.06. The topological polar surface area (TPSA) is 57.3 Å². The van der Waals surface area contributed by atoms with Crippen molar-refractivity contribution >= 4 is 32.6 Å². The van der Waals surface area contributed by atoms with Crippen LogP contribution in [0.15, 0.2) is 12.1 Å². The number of likely N-dealkylation sites (N-methyl/N-ethyl adjacent to an activating group) is 1. The smallest absolute Gasteiger partial charge is 0.229 e. The van der Waals surface area contributed by atoms with Crippen molar-refractivity contribution < 1.29 is 13.6 Å². The van der Waals surface area contributed by atoms with Crippen molar-refractivity contribution in [2.75, 3.05) is 32.5 Å². The Balaban J connectivity index is 1.59. The molecule has 1 unspecified atom stereocenters. The van der Waals surface area contributed by atoms with Gasteiger partial charge in [0.2, 0.25) is 5.91 Å². The number of carbonyl (C=O) groups excluding carboxylic acids is 1. The molecule has 2 N–H and O–H groups in total. The molecule has 1 saturated carbocycles. The highest BCUT2D eigenvalue weighted by molar-refractivity contribution is 7.22. The first-order valence-electron chi connectivity index (χ1n) is 8.87. The number of nitrogens with zero attached hydrogens (tertiary/aromatic N) is 2. The van der Waals surface area contributed by atoms with Gasteiger partial charge in [0.1, 0.15) is 11.3 Å². The van der Waals surface area contributed by atoms with Crippen LogP contribution in [-0.2, 0) is 4.79 Å². The van der Waals surface area contributed by atoms with Crippen LogP contribution in [0.1, 0.15) is 25.7 Å². The van der Waals surface area contributed by atoms with Crippen molar-refractivity contribution in [2.45, 2.75) is 31.7 Å². The summed E-state index contributed by atoms with van der Waals surface area (Å²) in [5.41, 5.74) is 0.0959. The molecule has 0 radical (unpaired) electrons. The fourth-order valence-electron chi connectivity index (χ4n) is 3.32. The molecular weight excluding hydrogens is 358 g/mol. The van der Waals surface area contributed by atoms with Gasteiger partial charge in [0.05, 0.1) is 4.70 Å². The van der Waals surface area contributed by atoms with Crippen LogP contribution in [0.3, 0.4) is 0 Å². The summed E-state index contributed by atoms with van der Waals surface area (Å²) in [5, 5.41) is 6.61. The summed E-state index contributed by atoms with van der Waals surface area (Å²) in [6, 6.07) is 2.37. The normalized spacial score (nSPS) is 20.7. The zero-order valence-electron chi connectivity index (χ0n) is 15.0. The van der Waals surface area contributed by atoms with Gasteiger partial charge in [0.15, 0.2) is 10.9 Å². The number of hydrogen-bond donors (Lipinski definition) is 2. The predicted molar refractivity (Wildman–Crippen MR) is 100 cm³/mol. The van der Waals surface area contributed by atoms with E-state index in [1.165, 1.54) is 6.07 Å². The van der Waals surface area contributed by atoms with E-state index < -0.39 is 11.6 Å². The van der Waals surface area contributed by atoms with E-state index in [-0.39, 0.29) is 17.3 Å². The molecular formula is C18H24F2N4OS. The van der Waals surface area contributed by atoms with Gasteiger partial charge < -0.3 is 15.5 Å². The molecule has 0 aliphatic heterocycles. The van der Waals surface area contributed by atoms with Gasteiger partial charge >= 0.3 is 0 Å². The number of carbonyl (C=O) groups is 1. The van der Waals surface area contributed by atoms with Gasteiger partial charge in [-0.05, 0) is 39.4 Å². The maximum absolute atomic E-state index is 13.8. The van der Waals surface area contributed by atoms with E-state index in [4.69, 9.17) is 0 Å². The van der Waals surface area contributed by atoms with E-state index in [9.17, 15) is 13.6 Å². The highest BCUT2D eigenvalue weighted by Gasteiger charge is 2.27. The molecule has 1 aromatic heterocycles. The van der Waals surface area contributed by atoms with E-state index in [0.717, 1.165) is 56.2 Å². The Hall–Kier alpha value is -1.64. The Bertz CT molecular complexity index is 780. The minimum Gasteiger partial charge on any atom is -0.313 e. The first kappa shape index (κ1) is 19.1.